The summed E-state index contributed by atoms with van der Waals surface area (Å²) in [6, 6.07) is 0.818. The van der Waals surface area contributed by atoms with Gasteiger partial charge in [-0.1, -0.05) is 0 Å². The first-order chi connectivity index (χ1) is 10.7. The molecule has 0 saturated carbocycles. The fourth-order valence-corrected chi connectivity index (χ4v) is 1.27. The number of ketones is 1. The number of esters is 2. The molecule has 0 bridgehead atoms. The third-order valence-corrected chi connectivity index (χ3v) is 2.24. The Hall–Kier alpha value is -3.36. The summed E-state index contributed by atoms with van der Waals surface area (Å²) >= 11 is 0. The molecular formula is C14H8F2O7. The van der Waals surface area contributed by atoms with Gasteiger partial charge in [-0.3, -0.25) is 4.79 Å². The molecule has 1 aromatic rings. The van der Waals surface area contributed by atoms with Crippen LogP contribution in [0.25, 0.3) is 0 Å². The monoisotopic (exact) mass is 326 g/mol. The molecule has 0 aliphatic carbocycles. The van der Waals surface area contributed by atoms with Gasteiger partial charge < -0.3 is 14.9 Å². The number of hydrogen-bond donors (Lipinski definition) is 2. The number of allylic oxidation sites excluding steroid dienone is 1. The molecule has 0 atom stereocenters. The van der Waals surface area contributed by atoms with Crippen molar-refractivity contribution in [3.63, 3.8) is 0 Å². The van der Waals surface area contributed by atoms with Gasteiger partial charge in [0.25, 0.3) is 0 Å². The Labute approximate surface area is 127 Å². The first-order valence-corrected chi connectivity index (χ1v) is 5.78. The lowest BCUT2D eigenvalue weighted by Crippen LogP contribution is -2.08. The van der Waals surface area contributed by atoms with Crippen LogP contribution in [0.1, 0.15) is 10.4 Å². The molecule has 9 heteroatoms. The van der Waals surface area contributed by atoms with Crippen LogP contribution < -0.4 is 0 Å². The van der Waals surface area contributed by atoms with Crippen LogP contribution in [0, 0.1) is 11.6 Å². The van der Waals surface area contributed by atoms with E-state index in [-0.39, 0.29) is 0 Å². The van der Waals surface area contributed by atoms with Gasteiger partial charge in [-0.25, -0.2) is 23.2 Å². The molecule has 0 spiro atoms. The summed E-state index contributed by atoms with van der Waals surface area (Å²) in [7, 11) is 0. The van der Waals surface area contributed by atoms with Crippen molar-refractivity contribution in [1.82, 2.24) is 0 Å². The van der Waals surface area contributed by atoms with Crippen LogP contribution in [-0.2, 0) is 19.1 Å². The molecule has 0 fully saturated rings. The summed E-state index contributed by atoms with van der Waals surface area (Å²) in [4.78, 5) is 43.9. The van der Waals surface area contributed by atoms with E-state index < -0.39 is 46.6 Å². The Bertz CT molecular complexity index is 735. The van der Waals surface area contributed by atoms with Gasteiger partial charge in [0, 0.05) is 24.3 Å². The number of hydrogen-bond acceptors (Lipinski definition) is 6. The average molecular weight is 326 g/mol. The maximum atomic E-state index is 13.0. The number of benzene rings is 1. The van der Waals surface area contributed by atoms with Gasteiger partial charge in [-0.2, -0.15) is 0 Å². The topological polar surface area (TPSA) is 118 Å². The molecular weight excluding hydrogens is 318 g/mol. The van der Waals surface area contributed by atoms with Gasteiger partial charge in [0.1, 0.15) is 5.75 Å². The molecule has 0 amide bonds. The molecule has 0 unspecified atom stereocenters. The number of carboxylic acids is 1. The summed E-state index contributed by atoms with van der Waals surface area (Å²) in [6.07, 6.45) is 1.96. The molecule has 0 aromatic heterocycles. The minimum Gasteiger partial charge on any atom is -0.507 e. The van der Waals surface area contributed by atoms with E-state index in [0.29, 0.717) is 36.4 Å². The van der Waals surface area contributed by atoms with Crippen molar-refractivity contribution in [2.75, 3.05) is 0 Å². The van der Waals surface area contributed by atoms with Crippen molar-refractivity contribution in [1.29, 1.82) is 0 Å². The number of aliphatic carboxylic acids is 1. The fraction of sp³-hybridized carbons (Fsp3) is 0. The minimum absolute atomic E-state index is 0.384. The van der Waals surface area contributed by atoms with Gasteiger partial charge in [0.15, 0.2) is 17.4 Å². The molecule has 1 rings (SSSR count). The van der Waals surface area contributed by atoms with Crippen molar-refractivity contribution in [2.45, 2.75) is 0 Å². The fourth-order valence-electron chi connectivity index (χ4n) is 1.27. The van der Waals surface area contributed by atoms with E-state index in [0.717, 1.165) is 0 Å². The van der Waals surface area contributed by atoms with Gasteiger partial charge in [-0.05, 0) is 12.1 Å². The third-order valence-electron chi connectivity index (χ3n) is 2.24. The second-order valence-corrected chi connectivity index (χ2v) is 3.89. The van der Waals surface area contributed by atoms with Crippen LogP contribution in [0.15, 0.2) is 36.4 Å². The van der Waals surface area contributed by atoms with Crippen molar-refractivity contribution in [2.24, 2.45) is 0 Å². The SMILES string of the molecule is O=C(O)/C=C\C(=O)OC(=O)/C=C/C(=O)c1cc(F)c(F)cc1O. The number of ether oxygens (including phenoxy) is 1. The number of phenols is 1. The van der Waals surface area contributed by atoms with Crippen molar-refractivity contribution in [3.05, 3.63) is 53.6 Å². The summed E-state index contributed by atoms with van der Waals surface area (Å²) in [5.74, 6) is -8.66. The van der Waals surface area contributed by atoms with Crippen LogP contribution in [0.4, 0.5) is 8.78 Å². The van der Waals surface area contributed by atoms with Crippen LogP contribution >= 0.6 is 0 Å². The average Bonchev–Trinajstić information content (AvgIpc) is 2.46. The highest BCUT2D eigenvalue weighted by Gasteiger charge is 2.14. The van der Waals surface area contributed by atoms with E-state index in [1.807, 2.05) is 0 Å². The first-order valence-electron chi connectivity index (χ1n) is 5.78. The summed E-state index contributed by atoms with van der Waals surface area (Å²) in [5, 5.41) is 17.6. The molecule has 2 N–H and O–H groups in total. The first kappa shape index (κ1) is 17.7. The number of carboxylic acid groups (broad SMARTS) is 1. The molecule has 0 saturated heterocycles. The highest BCUT2D eigenvalue weighted by Crippen LogP contribution is 2.21. The quantitative estimate of drug-likeness (QED) is 0.360. The number of halogens is 2. The second-order valence-electron chi connectivity index (χ2n) is 3.89. The summed E-state index contributed by atoms with van der Waals surface area (Å²) in [5.41, 5.74) is -0.606. The zero-order valence-electron chi connectivity index (χ0n) is 11.2. The third kappa shape index (κ3) is 5.50. The van der Waals surface area contributed by atoms with Crippen molar-refractivity contribution < 1.29 is 42.9 Å². The Balaban J connectivity index is 2.75. The van der Waals surface area contributed by atoms with Gasteiger partial charge in [0.2, 0.25) is 0 Å². The predicted octanol–water partition coefficient (Wildman–Crippen LogP) is 1.12. The molecule has 0 radical (unpaired) electrons. The molecule has 0 aliphatic rings. The normalized spacial score (nSPS) is 10.9. The summed E-state index contributed by atoms with van der Waals surface area (Å²) in [6.45, 7) is 0. The van der Waals surface area contributed by atoms with Crippen LogP contribution in [0.2, 0.25) is 0 Å². The Kier molecular flexibility index (Phi) is 5.84. The zero-order chi connectivity index (χ0) is 17.6. The zero-order valence-corrected chi connectivity index (χ0v) is 11.2. The van der Waals surface area contributed by atoms with Crippen molar-refractivity contribution >= 4 is 23.7 Å². The standard InChI is InChI=1S/C14H8F2O7/c15-8-5-7(11(18)6-9(8)16)10(17)1-3-13(21)23-14(22)4-2-12(19)20/h1-6,18H,(H,19,20)/b3-1+,4-2-. The van der Waals surface area contributed by atoms with Gasteiger partial charge in [0.05, 0.1) is 5.56 Å². The van der Waals surface area contributed by atoms with Crippen LogP contribution in [0.5, 0.6) is 5.75 Å². The lowest BCUT2D eigenvalue weighted by atomic mass is 10.1. The number of rotatable bonds is 5. The van der Waals surface area contributed by atoms with Crippen LogP contribution in [0.3, 0.4) is 0 Å². The number of carbonyl (C=O) groups is 4. The van der Waals surface area contributed by atoms with Crippen molar-refractivity contribution in [3.8, 4) is 5.75 Å². The second kappa shape index (κ2) is 7.59. The van der Waals surface area contributed by atoms with E-state index in [1.54, 1.807) is 0 Å². The molecule has 7 nitrogen and oxygen atoms in total. The highest BCUT2D eigenvalue weighted by atomic mass is 19.2. The number of aromatic hydroxyl groups is 1. The molecule has 0 aliphatic heterocycles. The number of phenolic OH excluding ortho intramolecular Hbond substituents is 1. The van der Waals surface area contributed by atoms with E-state index >= 15 is 0 Å². The predicted molar refractivity (Wildman–Crippen MR) is 69.4 cm³/mol. The van der Waals surface area contributed by atoms with E-state index in [1.165, 1.54) is 0 Å². The molecule has 120 valence electrons. The van der Waals surface area contributed by atoms with Crippen LogP contribution in [-0.4, -0.2) is 33.9 Å². The Morgan fingerprint density at radius 2 is 1.43 bits per heavy atom. The maximum absolute atomic E-state index is 13.0. The maximum Gasteiger partial charge on any atom is 0.338 e. The van der Waals surface area contributed by atoms with Gasteiger partial charge in [-0.15, -0.1) is 0 Å². The molecule has 0 heterocycles. The Morgan fingerprint density at radius 1 is 0.913 bits per heavy atom. The molecule has 23 heavy (non-hydrogen) atoms. The lowest BCUT2D eigenvalue weighted by molar-refractivity contribution is -0.152. The number of carbonyl (C=O) groups excluding carboxylic acids is 3. The van der Waals surface area contributed by atoms with E-state index in [9.17, 15) is 33.1 Å². The lowest BCUT2D eigenvalue weighted by Gasteiger charge is -2.01. The van der Waals surface area contributed by atoms with E-state index in [2.05, 4.69) is 4.74 Å². The summed E-state index contributed by atoms with van der Waals surface area (Å²) < 4.78 is 29.9. The smallest absolute Gasteiger partial charge is 0.338 e. The highest BCUT2D eigenvalue weighted by molar-refractivity contribution is 6.09. The van der Waals surface area contributed by atoms with Gasteiger partial charge >= 0.3 is 17.9 Å². The minimum atomic E-state index is -1.44. The largest absolute Gasteiger partial charge is 0.507 e. The van der Waals surface area contributed by atoms with E-state index in [4.69, 9.17) is 5.11 Å². The molecule has 1 aromatic carbocycles. The Morgan fingerprint density at radius 3 is 2.00 bits per heavy atom.